The van der Waals surface area contributed by atoms with Crippen molar-refractivity contribution in [3.63, 3.8) is 0 Å². The Morgan fingerprint density at radius 2 is 1.37 bits per heavy atom. The summed E-state index contributed by atoms with van der Waals surface area (Å²) >= 11 is 0. The smallest absolute Gasteiger partial charge is 0.228 e. The Kier molecular flexibility index (Phi) is 4.38. The molecule has 27 heavy (non-hydrogen) atoms. The van der Waals surface area contributed by atoms with Crippen molar-refractivity contribution in [3.8, 4) is 22.6 Å². The Hall–Kier alpha value is -3.53. The Bertz CT molecular complexity index is 1090. The van der Waals surface area contributed by atoms with Crippen LogP contribution < -0.4 is 9.47 Å². The minimum absolute atomic E-state index is 0.167. The average molecular weight is 358 g/mol. The van der Waals surface area contributed by atoms with Crippen molar-refractivity contribution in [1.82, 2.24) is 0 Å². The molecular weight excluding hydrogens is 340 g/mol. The van der Waals surface area contributed by atoms with E-state index in [-0.39, 0.29) is 5.78 Å². The van der Waals surface area contributed by atoms with Gasteiger partial charge in [-0.3, -0.25) is 4.79 Å². The zero-order chi connectivity index (χ0) is 18.8. The third-order valence-corrected chi connectivity index (χ3v) is 4.53. The molecule has 4 rings (SSSR count). The monoisotopic (exact) mass is 358 g/mol. The van der Waals surface area contributed by atoms with E-state index in [1.165, 1.54) is 0 Å². The first-order valence-electron chi connectivity index (χ1n) is 8.56. The molecule has 0 saturated carbocycles. The van der Waals surface area contributed by atoms with Crippen LogP contribution in [0.15, 0.2) is 77.2 Å². The lowest BCUT2D eigenvalue weighted by molar-refractivity contribution is 0.101. The lowest BCUT2D eigenvalue weighted by atomic mass is 9.98. The number of hydrogen-bond donors (Lipinski definition) is 0. The highest BCUT2D eigenvalue weighted by Crippen LogP contribution is 2.36. The molecule has 0 aliphatic rings. The minimum Gasteiger partial charge on any atom is -0.497 e. The molecule has 3 aromatic carbocycles. The maximum absolute atomic E-state index is 13.2. The van der Waals surface area contributed by atoms with E-state index in [0.717, 1.165) is 22.3 Å². The number of methoxy groups -OCH3 is 2. The molecule has 0 spiro atoms. The first-order valence-corrected chi connectivity index (χ1v) is 8.56. The molecule has 1 aromatic heterocycles. The van der Waals surface area contributed by atoms with Crippen molar-refractivity contribution in [3.05, 3.63) is 84.1 Å². The number of ketones is 1. The van der Waals surface area contributed by atoms with Gasteiger partial charge in [-0.25, -0.2) is 0 Å². The number of furan rings is 1. The summed E-state index contributed by atoms with van der Waals surface area (Å²) < 4.78 is 16.4. The van der Waals surface area contributed by atoms with Crippen molar-refractivity contribution < 1.29 is 18.7 Å². The summed E-state index contributed by atoms with van der Waals surface area (Å²) in [6.07, 6.45) is 0. The molecule has 4 nitrogen and oxygen atoms in total. The summed E-state index contributed by atoms with van der Waals surface area (Å²) in [6.45, 7) is 0. The fraction of sp³-hybridized carbons (Fsp3) is 0.0870. The number of hydrogen-bond acceptors (Lipinski definition) is 4. The maximum Gasteiger partial charge on any atom is 0.228 e. The second kappa shape index (κ2) is 7.00. The highest BCUT2D eigenvalue weighted by atomic mass is 16.5. The van der Waals surface area contributed by atoms with Crippen LogP contribution >= 0.6 is 0 Å². The third-order valence-electron chi connectivity index (χ3n) is 4.53. The van der Waals surface area contributed by atoms with Crippen LogP contribution in [0.4, 0.5) is 0 Å². The Balaban J connectivity index is 1.87. The lowest BCUT2D eigenvalue weighted by Gasteiger charge is -2.06. The van der Waals surface area contributed by atoms with E-state index in [2.05, 4.69) is 0 Å². The van der Waals surface area contributed by atoms with Gasteiger partial charge >= 0.3 is 0 Å². The third kappa shape index (κ3) is 3.06. The number of rotatable bonds is 5. The molecule has 0 aliphatic carbocycles. The van der Waals surface area contributed by atoms with Crippen LogP contribution in [0.5, 0.6) is 11.5 Å². The number of para-hydroxylation sites is 1. The van der Waals surface area contributed by atoms with E-state index in [0.29, 0.717) is 22.7 Å². The number of benzene rings is 3. The Morgan fingerprint density at radius 3 is 2.00 bits per heavy atom. The number of carbonyl (C=O) groups is 1. The molecule has 4 aromatic rings. The molecular formula is C23H18O4. The molecule has 0 amide bonds. The van der Waals surface area contributed by atoms with Crippen molar-refractivity contribution in [1.29, 1.82) is 0 Å². The van der Waals surface area contributed by atoms with Crippen molar-refractivity contribution in [2.24, 2.45) is 0 Å². The van der Waals surface area contributed by atoms with Gasteiger partial charge in [-0.2, -0.15) is 0 Å². The second-order valence-corrected chi connectivity index (χ2v) is 6.09. The fourth-order valence-electron chi connectivity index (χ4n) is 3.12. The summed E-state index contributed by atoms with van der Waals surface area (Å²) in [7, 11) is 3.22. The first-order chi connectivity index (χ1) is 13.2. The van der Waals surface area contributed by atoms with Gasteiger partial charge in [0, 0.05) is 16.5 Å². The molecule has 4 heteroatoms. The molecule has 0 radical (unpaired) electrons. The van der Waals surface area contributed by atoms with Crippen LogP contribution in [0, 0.1) is 0 Å². The van der Waals surface area contributed by atoms with Crippen molar-refractivity contribution in [2.45, 2.75) is 0 Å². The van der Waals surface area contributed by atoms with E-state index in [1.54, 1.807) is 38.5 Å². The topological polar surface area (TPSA) is 48.7 Å². The van der Waals surface area contributed by atoms with Gasteiger partial charge < -0.3 is 13.9 Å². The molecule has 0 fully saturated rings. The van der Waals surface area contributed by atoms with Crippen molar-refractivity contribution in [2.75, 3.05) is 14.2 Å². The lowest BCUT2D eigenvalue weighted by Crippen LogP contribution is -2.01. The van der Waals surface area contributed by atoms with Gasteiger partial charge in [-0.05, 0) is 48.0 Å². The van der Waals surface area contributed by atoms with E-state index in [9.17, 15) is 4.79 Å². The van der Waals surface area contributed by atoms with Gasteiger partial charge in [0.25, 0.3) is 0 Å². The predicted molar refractivity (Wildman–Crippen MR) is 105 cm³/mol. The summed E-state index contributed by atoms with van der Waals surface area (Å²) in [6, 6.07) is 22.3. The minimum atomic E-state index is -0.167. The summed E-state index contributed by atoms with van der Waals surface area (Å²) in [5.41, 5.74) is 2.91. The van der Waals surface area contributed by atoms with Gasteiger partial charge in [0.05, 0.1) is 14.2 Å². The maximum atomic E-state index is 13.2. The standard InChI is InChI=1S/C23H18O4/c1-25-17-11-7-15(8-12-17)21-19-5-3-4-6-20(19)27-23(21)22(24)16-9-13-18(26-2)14-10-16/h3-14H,1-2H3. The van der Waals surface area contributed by atoms with E-state index in [1.807, 2.05) is 48.5 Å². The SMILES string of the molecule is COc1ccc(C(=O)c2oc3ccccc3c2-c2ccc(OC)cc2)cc1. The quantitative estimate of drug-likeness (QED) is 0.451. The highest BCUT2D eigenvalue weighted by Gasteiger charge is 2.23. The summed E-state index contributed by atoms with van der Waals surface area (Å²) in [5.74, 6) is 1.62. The molecule has 0 saturated heterocycles. The second-order valence-electron chi connectivity index (χ2n) is 6.09. The number of fused-ring (bicyclic) bond motifs is 1. The zero-order valence-corrected chi connectivity index (χ0v) is 15.1. The van der Waals surface area contributed by atoms with Crippen LogP contribution in [0.1, 0.15) is 16.1 Å². The van der Waals surface area contributed by atoms with Gasteiger partial charge in [0.2, 0.25) is 5.78 Å². The normalized spacial score (nSPS) is 10.7. The molecule has 0 bridgehead atoms. The van der Waals surface area contributed by atoms with E-state index >= 15 is 0 Å². The first kappa shape index (κ1) is 16.9. The van der Waals surface area contributed by atoms with Crippen LogP contribution in [0.25, 0.3) is 22.1 Å². The van der Waals surface area contributed by atoms with Gasteiger partial charge in [0.1, 0.15) is 17.1 Å². The molecule has 0 atom stereocenters. The van der Waals surface area contributed by atoms with Crippen LogP contribution in [0.2, 0.25) is 0 Å². The largest absolute Gasteiger partial charge is 0.497 e. The summed E-state index contributed by atoms with van der Waals surface area (Å²) in [4.78, 5) is 13.2. The highest BCUT2D eigenvalue weighted by molar-refractivity contribution is 6.15. The molecule has 1 heterocycles. The Morgan fingerprint density at radius 1 is 0.778 bits per heavy atom. The van der Waals surface area contributed by atoms with E-state index < -0.39 is 0 Å². The van der Waals surface area contributed by atoms with Crippen LogP contribution in [-0.4, -0.2) is 20.0 Å². The van der Waals surface area contributed by atoms with Crippen LogP contribution in [-0.2, 0) is 0 Å². The van der Waals surface area contributed by atoms with Gasteiger partial charge in [-0.1, -0.05) is 30.3 Å². The molecule has 0 aliphatic heterocycles. The van der Waals surface area contributed by atoms with Crippen molar-refractivity contribution >= 4 is 16.8 Å². The zero-order valence-electron chi connectivity index (χ0n) is 15.1. The number of carbonyl (C=O) groups excluding carboxylic acids is 1. The van der Waals surface area contributed by atoms with Crippen LogP contribution in [0.3, 0.4) is 0 Å². The predicted octanol–water partition coefficient (Wildman–Crippen LogP) is 5.35. The molecule has 0 N–H and O–H groups in total. The van der Waals surface area contributed by atoms with Gasteiger partial charge in [0.15, 0.2) is 5.76 Å². The van der Waals surface area contributed by atoms with Gasteiger partial charge in [-0.15, -0.1) is 0 Å². The molecule has 134 valence electrons. The number of ether oxygens (including phenoxy) is 2. The average Bonchev–Trinajstić information content (AvgIpc) is 3.13. The fourth-order valence-corrected chi connectivity index (χ4v) is 3.12. The Labute approximate surface area is 157 Å². The molecule has 0 unspecified atom stereocenters. The van der Waals surface area contributed by atoms with E-state index in [4.69, 9.17) is 13.9 Å². The summed E-state index contributed by atoms with van der Waals surface area (Å²) in [5, 5.41) is 0.902.